The minimum atomic E-state index is -3.28. The molecule has 1 saturated heterocycles. The maximum Gasteiger partial charge on any atom is 0.215 e. The first-order chi connectivity index (χ1) is 10.8. The second-order valence-electron chi connectivity index (χ2n) is 6.84. The van der Waals surface area contributed by atoms with Gasteiger partial charge in [0.15, 0.2) is 0 Å². The van der Waals surface area contributed by atoms with Crippen LogP contribution in [0, 0.1) is 11.8 Å². The molecule has 1 N–H and O–H groups in total. The lowest BCUT2D eigenvalue weighted by Crippen LogP contribution is -2.40. The summed E-state index contributed by atoms with van der Waals surface area (Å²) in [6, 6.07) is 6.92. The first-order valence-corrected chi connectivity index (χ1v) is 10.3. The molecule has 1 aliphatic heterocycles. The third-order valence-electron chi connectivity index (χ3n) is 4.19. The largest absolute Gasteiger partial charge is 0.303 e. The zero-order chi connectivity index (χ0) is 16.9. The zero-order valence-electron chi connectivity index (χ0n) is 14.0. The van der Waals surface area contributed by atoms with Gasteiger partial charge in [-0.15, -0.1) is 0 Å². The van der Waals surface area contributed by atoms with E-state index in [2.05, 4.69) is 23.5 Å². The minimum Gasteiger partial charge on any atom is -0.303 e. The number of rotatable bonds is 7. The van der Waals surface area contributed by atoms with Crippen LogP contribution in [0.3, 0.4) is 0 Å². The number of likely N-dealkylation sites (tertiary alicyclic amines) is 1. The molecule has 0 amide bonds. The van der Waals surface area contributed by atoms with Gasteiger partial charge in [0.25, 0.3) is 0 Å². The number of nitrogens with zero attached hydrogens (tertiary/aromatic N) is 1. The molecule has 6 heteroatoms. The van der Waals surface area contributed by atoms with Gasteiger partial charge in [0.2, 0.25) is 10.0 Å². The third kappa shape index (κ3) is 6.79. The SMILES string of the molecule is C[C@@H]1C[C@H](C)CN(CCCNS(=O)(=O)Cc2ccc(Cl)cc2)C1. The fourth-order valence-corrected chi connectivity index (χ4v) is 4.67. The Hall–Kier alpha value is -0.620. The molecule has 2 atom stereocenters. The Morgan fingerprint density at radius 3 is 2.39 bits per heavy atom. The number of benzene rings is 1. The number of halogens is 1. The lowest BCUT2D eigenvalue weighted by molar-refractivity contribution is 0.140. The number of nitrogens with one attached hydrogen (secondary N) is 1. The molecule has 0 spiro atoms. The lowest BCUT2D eigenvalue weighted by Gasteiger charge is -2.34. The van der Waals surface area contributed by atoms with Gasteiger partial charge in [-0.25, -0.2) is 13.1 Å². The van der Waals surface area contributed by atoms with E-state index >= 15 is 0 Å². The smallest absolute Gasteiger partial charge is 0.215 e. The van der Waals surface area contributed by atoms with Crippen LogP contribution in [0.1, 0.15) is 32.3 Å². The summed E-state index contributed by atoms with van der Waals surface area (Å²) in [5.74, 6) is 1.47. The predicted octanol–water partition coefficient (Wildman–Crippen LogP) is 3.13. The molecule has 4 nitrogen and oxygen atoms in total. The highest BCUT2D eigenvalue weighted by Crippen LogP contribution is 2.20. The highest BCUT2D eigenvalue weighted by molar-refractivity contribution is 7.88. The van der Waals surface area contributed by atoms with Crippen molar-refractivity contribution in [2.24, 2.45) is 11.8 Å². The standard InChI is InChI=1S/C17H27ClN2O2S/c1-14-10-15(2)12-20(11-14)9-3-8-19-23(21,22)13-16-4-6-17(18)7-5-16/h4-7,14-15,19H,3,8-13H2,1-2H3/t14-,15+. The van der Waals surface area contributed by atoms with Crippen LogP contribution < -0.4 is 4.72 Å². The maximum atomic E-state index is 12.1. The van der Waals surface area contributed by atoms with Crippen LogP contribution in [-0.4, -0.2) is 39.5 Å². The van der Waals surface area contributed by atoms with Gasteiger partial charge in [-0.05, 0) is 48.9 Å². The van der Waals surface area contributed by atoms with E-state index in [0.717, 1.165) is 43.5 Å². The monoisotopic (exact) mass is 358 g/mol. The lowest BCUT2D eigenvalue weighted by atomic mass is 9.92. The highest BCUT2D eigenvalue weighted by atomic mass is 35.5. The van der Waals surface area contributed by atoms with Crippen molar-refractivity contribution in [2.45, 2.75) is 32.4 Å². The highest BCUT2D eigenvalue weighted by Gasteiger charge is 2.21. The molecule has 23 heavy (non-hydrogen) atoms. The summed E-state index contributed by atoms with van der Waals surface area (Å²) in [5, 5.41) is 0.615. The van der Waals surface area contributed by atoms with Crippen molar-refractivity contribution in [3.8, 4) is 0 Å². The van der Waals surface area contributed by atoms with Crippen LogP contribution in [0.15, 0.2) is 24.3 Å². The van der Waals surface area contributed by atoms with E-state index < -0.39 is 10.0 Å². The van der Waals surface area contributed by atoms with Crippen LogP contribution in [0.4, 0.5) is 0 Å². The molecule has 130 valence electrons. The summed E-state index contributed by atoms with van der Waals surface area (Å²) in [5.41, 5.74) is 0.751. The molecule has 1 aromatic rings. The number of hydrogen-bond donors (Lipinski definition) is 1. The number of sulfonamides is 1. The van der Waals surface area contributed by atoms with E-state index in [-0.39, 0.29) is 5.75 Å². The fourth-order valence-electron chi connectivity index (χ4n) is 3.36. The van der Waals surface area contributed by atoms with Gasteiger partial charge >= 0.3 is 0 Å². The predicted molar refractivity (Wildman–Crippen MR) is 96.1 cm³/mol. The first-order valence-electron chi connectivity index (χ1n) is 8.28. The molecule has 1 aromatic carbocycles. The molecule has 0 unspecified atom stereocenters. The number of piperidine rings is 1. The summed E-state index contributed by atoms with van der Waals surface area (Å²) < 4.78 is 26.9. The molecule has 0 aliphatic carbocycles. The van der Waals surface area contributed by atoms with Crippen LogP contribution >= 0.6 is 11.6 Å². The molecule has 1 fully saturated rings. The van der Waals surface area contributed by atoms with Crippen LogP contribution in [0.5, 0.6) is 0 Å². The Morgan fingerprint density at radius 1 is 1.17 bits per heavy atom. The summed E-state index contributed by atoms with van der Waals surface area (Å²) >= 11 is 5.81. The van der Waals surface area contributed by atoms with Crippen molar-refractivity contribution >= 4 is 21.6 Å². The van der Waals surface area contributed by atoms with Gasteiger partial charge in [0.1, 0.15) is 0 Å². The van der Waals surface area contributed by atoms with Gasteiger partial charge in [-0.1, -0.05) is 37.6 Å². The van der Waals surface area contributed by atoms with Gasteiger partial charge in [0, 0.05) is 24.7 Å². The third-order valence-corrected chi connectivity index (χ3v) is 5.80. The van der Waals surface area contributed by atoms with Crippen LogP contribution in [0.2, 0.25) is 5.02 Å². The molecule has 0 bridgehead atoms. The average molecular weight is 359 g/mol. The van der Waals surface area contributed by atoms with E-state index in [1.807, 2.05) is 0 Å². The number of hydrogen-bond acceptors (Lipinski definition) is 3. The van der Waals surface area contributed by atoms with Crippen molar-refractivity contribution in [1.82, 2.24) is 9.62 Å². The van der Waals surface area contributed by atoms with Gasteiger partial charge in [-0.2, -0.15) is 0 Å². The second kappa shape index (κ2) is 8.47. The molecule has 0 radical (unpaired) electrons. The summed E-state index contributed by atoms with van der Waals surface area (Å²) in [4.78, 5) is 2.45. The normalized spacial score (nSPS) is 23.1. The van der Waals surface area contributed by atoms with E-state index in [0.29, 0.717) is 11.6 Å². The van der Waals surface area contributed by atoms with E-state index in [1.54, 1.807) is 24.3 Å². The summed E-state index contributed by atoms with van der Waals surface area (Å²) in [6.07, 6.45) is 2.14. The molecular weight excluding hydrogens is 332 g/mol. The summed E-state index contributed by atoms with van der Waals surface area (Å²) in [6.45, 7) is 8.28. The molecule has 0 saturated carbocycles. The Labute approximate surface area is 145 Å². The van der Waals surface area contributed by atoms with Crippen LogP contribution in [-0.2, 0) is 15.8 Å². The maximum absolute atomic E-state index is 12.1. The second-order valence-corrected chi connectivity index (χ2v) is 9.08. The van der Waals surface area contributed by atoms with Crippen molar-refractivity contribution < 1.29 is 8.42 Å². The Kier molecular flexibility index (Phi) is 6.89. The topological polar surface area (TPSA) is 49.4 Å². The van der Waals surface area contributed by atoms with E-state index in [1.165, 1.54) is 6.42 Å². The fraction of sp³-hybridized carbons (Fsp3) is 0.647. The first kappa shape index (κ1) is 18.7. The Bertz CT molecular complexity index is 579. The zero-order valence-corrected chi connectivity index (χ0v) is 15.5. The van der Waals surface area contributed by atoms with Gasteiger partial charge in [-0.3, -0.25) is 0 Å². The molecular formula is C17H27ClN2O2S. The molecule has 0 aromatic heterocycles. The van der Waals surface area contributed by atoms with Crippen molar-refractivity contribution in [1.29, 1.82) is 0 Å². The van der Waals surface area contributed by atoms with E-state index in [4.69, 9.17) is 11.6 Å². The van der Waals surface area contributed by atoms with Crippen LogP contribution in [0.25, 0.3) is 0 Å². The molecule has 1 aliphatic rings. The molecule has 2 rings (SSSR count). The average Bonchev–Trinajstić information content (AvgIpc) is 2.45. The van der Waals surface area contributed by atoms with Crippen molar-refractivity contribution in [2.75, 3.05) is 26.2 Å². The Balaban J connectivity index is 1.71. The van der Waals surface area contributed by atoms with E-state index in [9.17, 15) is 8.42 Å². The Morgan fingerprint density at radius 2 is 1.78 bits per heavy atom. The van der Waals surface area contributed by atoms with Crippen molar-refractivity contribution in [3.63, 3.8) is 0 Å². The van der Waals surface area contributed by atoms with Crippen molar-refractivity contribution in [3.05, 3.63) is 34.9 Å². The van der Waals surface area contributed by atoms with Gasteiger partial charge in [0.05, 0.1) is 5.75 Å². The minimum absolute atomic E-state index is 0.00194. The molecule has 1 heterocycles. The van der Waals surface area contributed by atoms with Gasteiger partial charge < -0.3 is 4.90 Å². The summed E-state index contributed by atoms with van der Waals surface area (Å²) in [7, 11) is -3.28. The quantitative estimate of drug-likeness (QED) is 0.762.